The summed E-state index contributed by atoms with van der Waals surface area (Å²) in [7, 11) is 0. The number of rotatable bonds is 9. The summed E-state index contributed by atoms with van der Waals surface area (Å²) in [5, 5.41) is 43.0. The van der Waals surface area contributed by atoms with Crippen LogP contribution in [-0.4, -0.2) is 42.6 Å². The van der Waals surface area contributed by atoms with Gasteiger partial charge in [-0.05, 0) is 18.1 Å². The molecule has 0 saturated heterocycles. The minimum Gasteiger partial charge on any atom is -0.395 e. The predicted octanol–water partition coefficient (Wildman–Crippen LogP) is 2.73. The lowest BCUT2D eigenvalue weighted by atomic mass is 9.83. The molecule has 3 atom stereocenters. The molecule has 34 heavy (non-hydrogen) atoms. The maximum Gasteiger partial charge on any atom is 0.269 e. The molecule has 2 heterocycles. The standard InChI is InChI=1S/C24H25N5O5/c1-16(24(32)20-13-18(29(33)34)10-11-21(20)25-23(24)31)7-5-6-12-28-14-22(26-27-28)19(15-30)17-8-3-2-4-9-17/h2-5,7-11,13-14,16,19,30,32H,6,12,15H2,1H3,(H,25,31)/b7-5+/t16-,19?,24+/m1/s1. The Hall–Kier alpha value is -3.89. The van der Waals surface area contributed by atoms with Gasteiger partial charge in [-0.15, -0.1) is 5.10 Å². The number of amides is 1. The lowest BCUT2D eigenvalue weighted by molar-refractivity contribution is -0.385. The molecule has 3 aromatic rings. The van der Waals surface area contributed by atoms with Gasteiger partial charge in [0.1, 0.15) is 0 Å². The van der Waals surface area contributed by atoms with E-state index in [-0.39, 0.29) is 23.8 Å². The van der Waals surface area contributed by atoms with E-state index in [9.17, 15) is 25.1 Å². The molecule has 0 bridgehead atoms. The highest BCUT2D eigenvalue weighted by atomic mass is 16.6. The van der Waals surface area contributed by atoms with Gasteiger partial charge in [-0.25, -0.2) is 0 Å². The number of nitrogens with one attached hydrogen (secondary N) is 1. The maximum absolute atomic E-state index is 12.5. The molecule has 1 amide bonds. The molecule has 1 aromatic heterocycles. The monoisotopic (exact) mass is 463 g/mol. The number of aromatic nitrogens is 3. The minimum absolute atomic E-state index is 0.0829. The Kier molecular flexibility index (Phi) is 6.53. The molecule has 176 valence electrons. The SMILES string of the molecule is C[C@H](/C=C/CCn1cc(C(CO)c2ccccc2)nn1)[C@@]1(O)C(=O)Nc2ccc([N+](=O)[O-])cc21. The molecule has 3 N–H and O–H groups in total. The molecule has 10 heteroatoms. The van der Waals surface area contributed by atoms with Crippen LogP contribution in [0.1, 0.15) is 36.1 Å². The number of anilines is 1. The largest absolute Gasteiger partial charge is 0.395 e. The second-order valence-electron chi connectivity index (χ2n) is 8.27. The van der Waals surface area contributed by atoms with Crippen LogP contribution in [0.3, 0.4) is 0 Å². The number of hydrogen-bond acceptors (Lipinski definition) is 7. The second kappa shape index (κ2) is 9.54. The second-order valence-corrected chi connectivity index (χ2v) is 8.27. The van der Waals surface area contributed by atoms with Crippen molar-refractivity contribution in [2.75, 3.05) is 11.9 Å². The Bertz CT molecular complexity index is 1230. The molecule has 0 saturated carbocycles. The Morgan fingerprint density at radius 2 is 2.03 bits per heavy atom. The van der Waals surface area contributed by atoms with Crippen LogP contribution in [-0.2, 0) is 16.9 Å². The van der Waals surface area contributed by atoms with Crippen LogP contribution in [0.4, 0.5) is 11.4 Å². The van der Waals surface area contributed by atoms with Crippen molar-refractivity contribution in [1.29, 1.82) is 0 Å². The fourth-order valence-electron chi connectivity index (χ4n) is 4.15. The Labute approximate surface area is 195 Å². The van der Waals surface area contributed by atoms with E-state index in [1.165, 1.54) is 18.2 Å². The summed E-state index contributed by atoms with van der Waals surface area (Å²) in [6.45, 7) is 2.11. The van der Waals surface area contributed by atoms with Gasteiger partial charge in [-0.1, -0.05) is 54.6 Å². The normalized spacial score (nSPS) is 19.1. The van der Waals surface area contributed by atoms with Crippen LogP contribution in [0, 0.1) is 16.0 Å². The predicted molar refractivity (Wildman–Crippen MR) is 124 cm³/mol. The first-order valence-corrected chi connectivity index (χ1v) is 10.9. The van der Waals surface area contributed by atoms with Crippen LogP contribution < -0.4 is 5.32 Å². The number of carbonyl (C=O) groups excluding carboxylic acids is 1. The highest BCUT2D eigenvalue weighted by Crippen LogP contribution is 2.43. The maximum atomic E-state index is 12.5. The van der Waals surface area contributed by atoms with Crippen LogP contribution in [0.2, 0.25) is 0 Å². The van der Waals surface area contributed by atoms with Gasteiger partial charge in [0.25, 0.3) is 11.6 Å². The van der Waals surface area contributed by atoms with Gasteiger partial charge in [0.15, 0.2) is 5.60 Å². The average Bonchev–Trinajstić information content (AvgIpc) is 3.40. The highest BCUT2D eigenvalue weighted by Gasteiger charge is 2.49. The first-order valence-electron chi connectivity index (χ1n) is 10.9. The number of fused-ring (bicyclic) bond motifs is 1. The van der Waals surface area contributed by atoms with E-state index in [4.69, 9.17) is 0 Å². The molecule has 2 aromatic carbocycles. The van der Waals surface area contributed by atoms with Gasteiger partial charge in [-0.3, -0.25) is 19.6 Å². The summed E-state index contributed by atoms with van der Waals surface area (Å²) in [6, 6.07) is 13.5. The number of aliphatic hydroxyl groups excluding tert-OH is 1. The number of aliphatic hydroxyl groups is 2. The summed E-state index contributed by atoms with van der Waals surface area (Å²) < 4.78 is 1.67. The smallest absolute Gasteiger partial charge is 0.269 e. The quantitative estimate of drug-likeness (QED) is 0.251. The van der Waals surface area contributed by atoms with Crippen LogP contribution >= 0.6 is 0 Å². The van der Waals surface area contributed by atoms with Crippen LogP contribution in [0.5, 0.6) is 0 Å². The van der Waals surface area contributed by atoms with Crippen molar-refractivity contribution in [3.05, 3.63) is 93.8 Å². The third kappa shape index (κ3) is 4.33. The van der Waals surface area contributed by atoms with E-state index in [1.807, 2.05) is 36.4 Å². The van der Waals surface area contributed by atoms with Crippen molar-refractivity contribution >= 4 is 17.3 Å². The number of nitrogens with zero attached hydrogens (tertiary/aromatic N) is 4. The third-order valence-electron chi connectivity index (χ3n) is 6.13. The van der Waals surface area contributed by atoms with Gasteiger partial charge in [0.05, 0.1) is 23.1 Å². The van der Waals surface area contributed by atoms with Crippen LogP contribution in [0.15, 0.2) is 66.9 Å². The third-order valence-corrected chi connectivity index (χ3v) is 6.13. The molecule has 0 radical (unpaired) electrons. The molecule has 4 rings (SSSR count). The zero-order valence-corrected chi connectivity index (χ0v) is 18.5. The van der Waals surface area contributed by atoms with Crippen LogP contribution in [0.25, 0.3) is 0 Å². The number of carbonyl (C=O) groups is 1. The molecule has 1 aliphatic heterocycles. The average molecular weight is 463 g/mol. The van der Waals surface area contributed by atoms with Crippen molar-refractivity contribution in [3.8, 4) is 0 Å². The summed E-state index contributed by atoms with van der Waals surface area (Å²) in [4.78, 5) is 23.1. The number of benzene rings is 2. The zero-order valence-electron chi connectivity index (χ0n) is 18.5. The molecule has 0 fully saturated rings. The molecular weight excluding hydrogens is 438 g/mol. The zero-order chi connectivity index (χ0) is 24.3. The van der Waals surface area contributed by atoms with E-state index >= 15 is 0 Å². The lowest BCUT2D eigenvalue weighted by Gasteiger charge is -2.25. The van der Waals surface area contributed by atoms with E-state index in [0.717, 1.165) is 5.56 Å². The van der Waals surface area contributed by atoms with Gasteiger partial charge in [0.2, 0.25) is 0 Å². The number of hydrogen-bond donors (Lipinski definition) is 3. The fraction of sp³-hybridized carbons (Fsp3) is 0.292. The van der Waals surface area contributed by atoms with Crippen molar-refractivity contribution in [3.63, 3.8) is 0 Å². The van der Waals surface area contributed by atoms with Crippen molar-refractivity contribution in [2.24, 2.45) is 5.92 Å². The van der Waals surface area contributed by atoms with Gasteiger partial charge in [-0.2, -0.15) is 0 Å². The Morgan fingerprint density at radius 1 is 1.26 bits per heavy atom. The highest BCUT2D eigenvalue weighted by molar-refractivity contribution is 6.05. The molecule has 1 unspecified atom stereocenters. The fourth-order valence-corrected chi connectivity index (χ4v) is 4.15. The Balaban J connectivity index is 1.42. The molecule has 10 nitrogen and oxygen atoms in total. The van der Waals surface area contributed by atoms with Gasteiger partial charge < -0.3 is 15.5 Å². The molecule has 1 aliphatic rings. The molecule has 0 spiro atoms. The number of aryl methyl sites for hydroxylation is 1. The summed E-state index contributed by atoms with van der Waals surface area (Å²) >= 11 is 0. The number of non-ortho nitro benzene ring substituents is 1. The topological polar surface area (TPSA) is 143 Å². The van der Waals surface area contributed by atoms with E-state index < -0.39 is 22.3 Å². The van der Waals surface area contributed by atoms with Gasteiger partial charge >= 0.3 is 0 Å². The number of nitro benzene ring substituents is 1. The van der Waals surface area contributed by atoms with E-state index in [2.05, 4.69) is 15.6 Å². The van der Waals surface area contributed by atoms with Crippen molar-refractivity contribution in [1.82, 2.24) is 15.0 Å². The van der Waals surface area contributed by atoms with Gasteiger partial charge in [0, 0.05) is 42.0 Å². The summed E-state index contributed by atoms with van der Waals surface area (Å²) in [5.74, 6) is -1.50. The number of nitro groups is 1. The molecular formula is C24H25N5O5. The Morgan fingerprint density at radius 3 is 2.74 bits per heavy atom. The first kappa shape index (κ1) is 23.3. The minimum atomic E-state index is -1.90. The summed E-state index contributed by atoms with van der Waals surface area (Å²) in [6.07, 6.45) is 5.89. The first-order chi connectivity index (χ1) is 16.3. The van der Waals surface area contributed by atoms with Crippen molar-refractivity contribution < 1.29 is 19.9 Å². The lowest BCUT2D eigenvalue weighted by Crippen LogP contribution is -2.39. The van der Waals surface area contributed by atoms with E-state index in [0.29, 0.717) is 24.3 Å². The molecule has 0 aliphatic carbocycles. The van der Waals surface area contributed by atoms with Crippen molar-refractivity contribution in [2.45, 2.75) is 31.4 Å². The number of allylic oxidation sites excluding steroid dienone is 1. The summed E-state index contributed by atoms with van der Waals surface area (Å²) in [5.41, 5.74) is 0.0904. The van der Waals surface area contributed by atoms with E-state index in [1.54, 1.807) is 23.9 Å².